The molecule has 1 N–H and O–H groups in total. The van der Waals surface area contributed by atoms with E-state index in [1.807, 2.05) is 22.9 Å². The van der Waals surface area contributed by atoms with Gasteiger partial charge in [0.05, 0.1) is 18.4 Å². The zero-order chi connectivity index (χ0) is 18.7. The quantitative estimate of drug-likeness (QED) is 0.757. The van der Waals surface area contributed by atoms with Gasteiger partial charge in [-0.3, -0.25) is 4.79 Å². The number of nitrogens with one attached hydrogen (secondary N) is 1. The van der Waals surface area contributed by atoms with E-state index in [1.54, 1.807) is 13.2 Å². The number of nitrogens with zero attached hydrogens (tertiary/aromatic N) is 2. The van der Waals surface area contributed by atoms with E-state index in [1.165, 1.54) is 0 Å². The fourth-order valence-corrected chi connectivity index (χ4v) is 2.53. The summed E-state index contributed by atoms with van der Waals surface area (Å²) in [6, 6.07) is 7.75. The molecule has 0 aliphatic carbocycles. The third-order valence-corrected chi connectivity index (χ3v) is 3.86. The van der Waals surface area contributed by atoms with Crippen LogP contribution in [-0.4, -0.2) is 28.9 Å². The number of methoxy groups -OCH3 is 1. The van der Waals surface area contributed by atoms with Gasteiger partial charge in [-0.15, -0.1) is 0 Å². The van der Waals surface area contributed by atoms with Gasteiger partial charge in [-0.25, -0.2) is 4.98 Å². The lowest BCUT2D eigenvalue weighted by molar-refractivity contribution is -0.137. The first kappa shape index (κ1) is 17.8. The number of ether oxygens (including phenoxy) is 1. The Morgan fingerprint density at radius 2 is 1.96 bits per heavy atom. The first-order chi connectivity index (χ1) is 12.4. The second-order valence-corrected chi connectivity index (χ2v) is 5.62. The van der Waals surface area contributed by atoms with Crippen molar-refractivity contribution in [3.8, 4) is 5.75 Å². The van der Waals surface area contributed by atoms with E-state index in [0.29, 0.717) is 24.4 Å². The summed E-state index contributed by atoms with van der Waals surface area (Å²) in [5, 5.41) is 2.68. The molecule has 0 radical (unpaired) electrons. The van der Waals surface area contributed by atoms with Gasteiger partial charge >= 0.3 is 6.18 Å². The molecule has 0 saturated heterocycles. The maximum absolute atomic E-state index is 12.5. The molecule has 1 amide bonds. The Labute approximate surface area is 147 Å². The Bertz CT molecular complexity index is 918. The van der Waals surface area contributed by atoms with Crippen LogP contribution in [0.15, 0.2) is 48.8 Å². The topological polar surface area (TPSA) is 55.6 Å². The first-order valence-electron chi connectivity index (χ1n) is 7.84. The fourth-order valence-electron chi connectivity index (χ4n) is 2.53. The summed E-state index contributed by atoms with van der Waals surface area (Å²) in [6.45, 7) is 0.312. The molecule has 3 aromatic rings. The van der Waals surface area contributed by atoms with Gasteiger partial charge in [0.15, 0.2) is 11.4 Å². The van der Waals surface area contributed by atoms with Crippen LogP contribution in [0.25, 0.3) is 5.65 Å². The zero-order valence-corrected chi connectivity index (χ0v) is 13.9. The maximum atomic E-state index is 12.5. The number of hydrogen-bond acceptors (Lipinski definition) is 3. The summed E-state index contributed by atoms with van der Waals surface area (Å²) in [5.41, 5.74) is 0.837. The zero-order valence-electron chi connectivity index (χ0n) is 13.9. The second kappa shape index (κ2) is 7.07. The van der Waals surface area contributed by atoms with Gasteiger partial charge < -0.3 is 14.5 Å². The van der Waals surface area contributed by atoms with Crippen LogP contribution in [-0.2, 0) is 12.6 Å². The molecule has 0 saturated carbocycles. The minimum atomic E-state index is -4.42. The van der Waals surface area contributed by atoms with Crippen LogP contribution in [0.4, 0.5) is 13.2 Å². The van der Waals surface area contributed by atoms with Crippen molar-refractivity contribution in [2.45, 2.75) is 12.6 Å². The lowest BCUT2D eigenvalue weighted by atomic mass is 10.1. The van der Waals surface area contributed by atoms with E-state index >= 15 is 0 Å². The summed E-state index contributed by atoms with van der Waals surface area (Å²) in [7, 11) is 1.56. The number of pyridine rings is 1. The maximum Gasteiger partial charge on any atom is 0.416 e. The molecule has 3 rings (SSSR count). The van der Waals surface area contributed by atoms with Crippen molar-refractivity contribution in [2.75, 3.05) is 13.7 Å². The van der Waals surface area contributed by atoms with Crippen molar-refractivity contribution in [1.29, 1.82) is 0 Å². The highest BCUT2D eigenvalue weighted by Gasteiger charge is 2.30. The predicted octanol–water partition coefficient (Wildman–Crippen LogP) is 3.33. The highest BCUT2D eigenvalue weighted by Crippen LogP contribution is 2.29. The molecule has 0 aliphatic rings. The number of imidazole rings is 1. The van der Waals surface area contributed by atoms with Crippen LogP contribution in [0.1, 0.15) is 21.6 Å². The van der Waals surface area contributed by atoms with E-state index in [-0.39, 0.29) is 5.56 Å². The average molecular weight is 363 g/mol. The third-order valence-electron chi connectivity index (χ3n) is 3.86. The van der Waals surface area contributed by atoms with Crippen molar-refractivity contribution in [2.24, 2.45) is 0 Å². The molecule has 5 nitrogen and oxygen atoms in total. The van der Waals surface area contributed by atoms with E-state index in [4.69, 9.17) is 4.74 Å². The number of amides is 1. The van der Waals surface area contributed by atoms with Crippen LogP contribution >= 0.6 is 0 Å². The fraction of sp³-hybridized carbons (Fsp3) is 0.222. The lowest BCUT2D eigenvalue weighted by Crippen LogP contribution is -2.25. The van der Waals surface area contributed by atoms with E-state index < -0.39 is 17.6 Å². The van der Waals surface area contributed by atoms with Gasteiger partial charge in [0.1, 0.15) is 0 Å². The molecule has 136 valence electrons. The van der Waals surface area contributed by atoms with Crippen molar-refractivity contribution in [1.82, 2.24) is 14.7 Å². The van der Waals surface area contributed by atoms with Gasteiger partial charge in [0, 0.05) is 30.9 Å². The summed E-state index contributed by atoms with van der Waals surface area (Å²) in [5.74, 6) is 0.215. The van der Waals surface area contributed by atoms with Crippen LogP contribution in [0.5, 0.6) is 5.75 Å². The number of alkyl halides is 3. The molecule has 2 aromatic heterocycles. The molecule has 0 atom stereocenters. The normalized spacial score (nSPS) is 11.5. The van der Waals surface area contributed by atoms with Crippen molar-refractivity contribution in [3.63, 3.8) is 0 Å². The highest BCUT2D eigenvalue weighted by atomic mass is 19.4. The van der Waals surface area contributed by atoms with Crippen LogP contribution in [0.3, 0.4) is 0 Å². The van der Waals surface area contributed by atoms with Crippen molar-refractivity contribution in [3.05, 3.63) is 65.6 Å². The van der Waals surface area contributed by atoms with Crippen LogP contribution < -0.4 is 10.1 Å². The van der Waals surface area contributed by atoms with E-state index in [2.05, 4.69) is 10.3 Å². The molecule has 0 aliphatic heterocycles. The highest BCUT2D eigenvalue weighted by molar-refractivity contribution is 5.94. The van der Waals surface area contributed by atoms with Crippen LogP contribution in [0.2, 0.25) is 0 Å². The number of carbonyl (C=O) groups excluding carboxylic acids is 1. The average Bonchev–Trinajstić information content (AvgIpc) is 3.03. The molecule has 2 heterocycles. The molecule has 0 unspecified atom stereocenters. The second-order valence-electron chi connectivity index (χ2n) is 5.62. The van der Waals surface area contributed by atoms with Gasteiger partial charge in [-0.05, 0) is 36.4 Å². The van der Waals surface area contributed by atoms with E-state index in [9.17, 15) is 18.0 Å². The molecular weight excluding hydrogens is 347 g/mol. The van der Waals surface area contributed by atoms with Gasteiger partial charge in [-0.1, -0.05) is 0 Å². The van der Waals surface area contributed by atoms with Gasteiger partial charge in [0.25, 0.3) is 5.91 Å². The number of aromatic nitrogens is 2. The lowest BCUT2D eigenvalue weighted by Gasteiger charge is -2.08. The standard InChI is InChI=1S/C18H16F3N3O2/c1-26-15-3-2-10-24-11-14(23-16(15)24)8-9-22-17(25)12-4-6-13(7-5-12)18(19,20)21/h2-7,10-11H,8-9H2,1H3,(H,22,25). The van der Waals surface area contributed by atoms with Crippen molar-refractivity contribution >= 4 is 11.6 Å². The largest absolute Gasteiger partial charge is 0.493 e. The molecule has 8 heteroatoms. The number of rotatable bonds is 5. The smallest absolute Gasteiger partial charge is 0.416 e. The Hall–Kier alpha value is -3.03. The van der Waals surface area contributed by atoms with Gasteiger partial charge in [0.2, 0.25) is 0 Å². The van der Waals surface area contributed by atoms with Crippen molar-refractivity contribution < 1.29 is 22.7 Å². The third kappa shape index (κ3) is 3.79. The molecule has 26 heavy (non-hydrogen) atoms. The SMILES string of the molecule is COc1cccn2cc(CCNC(=O)c3ccc(C(F)(F)F)cc3)nc12. The minimum Gasteiger partial charge on any atom is -0.493 e. The molecule has 1 aromatic carbocycles. The molecule has 0 spiro atoms. The number of carbonyl (C=O) groups is 1. The first-order valence-corrected chi connectivity index (χ1v) is 7.84. The number of fused-ring (bicyclic) bond motifs is 1. The Morgan fingerprint density at radius 1 is 1.23 bits per heavy atom. The summed E-state index contributed by atoms with van der Waals surface area (Å²) in [6.07, 6.45) is -0.256. The van der Waals surface area contributed by atoms with Gasteiger partial charge in [-0.2, -0.15) is 13.2 Å². The number of hydrogen-bond donors (Lipinski definition) is 1. The molecule has 0 fully saturated rings. The molecule has 0 bridgehead atoms. The summed E-state index contributed by atoms with van der Waals surface area (Å²) >= 11 is 0. The monoisotopic (exact) mass is 363 g/mol. The molecular formula is C18H16F3N3O2. The predicted molar refractivity (Wildman–Crippen MR) is 89.2 cm³/mol. The minimum absolute atomic E-state index is 0.176. The van der Waals surface area contributed by atoms with E-state index in [0.717, 1.165) is 30.0 Å². The number of benzene rings is 1. The summed E-state index contributed by atoms with van der Waals surface area (Å²) < 4.78 is 44.7. The Balaban J connectivity index is 1.60. The summed E-state index contributed by atoms with van der Waals surface area (Å²) in [4.78, 5) is 16.5. The number of halogens is 3. The Morgan fingerprint density at radius 3 is 2.62 bits per heavy atom. The van der Waals surface area contributed by atoms with Crippen LogP contribution in [0, 0.1) is 0 Å². The Kier molecular flexibility index (Phi) is 4.83.